The van der Waals surface area contributed by atoms with Crippen molar-refractivity contribution in [1.82, 2.24) is 15.6 Å². The van der Waals surface area contributed by atoms with Gasteiger partial charge in [0.1, 0.15) is 6.17 Å². The Balaban J connectivity index is 1.50. The fraction of sp³-hybridized carbons (Fsp3) is 0.471. The number of carbonyl (C=O) groups is 1. The Bertz CT molecular complexity index is 719. The van der Waals surface area contributed by atoms with Gasteiger partial charge >= 0.3 is 0 Å². The van der Waals surface area contributed by atoms with Crippen LogP contribution in [0.15, 0.2) is 18.2 Å². The quantitative estimate of drug-likeness (QED) is 0.602. The van der Waals surface area contributed by atoms with Crippen molar-refractivity contribution in [3.8, 4) is 0 Å². The summed E-state index contributed by atoms with van der Waals surface area (Å²) in [5, 5.41) is 10.5. The largest absolute Gasteiger partial charge is 0.369 e. The van der Waals surface area contributed by atoms with Crippen LogP contribution in [-0.2, 0) is 4.79 Å². The molecule has 2 heterocycles. The van der Waals surface area contributed by atoms with Crippen molar-refractivity contribution in [2.75, 3.05) is 31.1 Å². The first-order valence-electron chi connectivity index (χ1n) is 8.32. The predicted octanol–water partition coefficient (Wildman–Crippen LogP) is -1.34. The highest BCUT2D eigenvalue weighted by Crippen LogP contribution is 2.28. The first kappa shape index (κ1) is 14.5. The normalized spacial score (nSPS) is 24.0. The number of hydrogen-bond donors (Lipinski definition) is 3. The molecular weight excluding hydrogens is 290 g/mol. The standard InChI is InChI=1S/C17H23N5O/c18-22-7-5-21(6-8-22)15-4-3-13-10-16(19-11-14(13)9-15)20-17(23)12-1-2-12/h3-4,9-12,16,19H,1-2,5-8,18H2,(H,20,23). The predicted molar refractivity (Wildman–Crippen MR) is 90.4 cm³/mol. The van der Waals surface area contributed by atoms with Gasteiger partial charge in [-0.1, -0.05) is 6.07 Å². The minimum Gasteiger partial charge on any atom is -0.369 e. The van der Waals surface area contributed by atoms with Gasteiger partial charge in [0.15, 0.2) is 0 Å². The van der Waals surface area contributed by atoms with Crippen molar-refractivity contribution in [2.45, 2.75) is 19.0 Å². The number of nitrogens with two attached hydrogens (primary N) is 1. The number of nitrogens with one attached hydrogen (secondary N) is 2. The van der Waals surface area contributed by atoms with Gasteiger partial charge in [0.05, 0.1) is 0 Å². The molecule has 1 amide bonds. The molecule has 0 aromatic heterocycles. The highest BCUT2D eigenvalue weighted by molar-refractivity contribution is 5.82. The molecule has 2 aliphatic heterocycles. The van der Waals surface area contributed by atoms with Gasteiger partial charge < -0.3 is 15.5 Å². The van der Waals surface area contributed by atoms with E-state index in [0.29, 0.717) is 0 Å². The molecule has 0 bridgehead atoms. The van der Waals surface area contributed by atoms with Crippen LogP contribution in [0.1, 0.15) is 12.8 Å². The second kappa shape index (κ2) is 5.86. The number of rotatable bonds is 3. The molecule has 1 aliphatic carbocycles. The van der Waals surface area contributed by atoms with Gasteiger partial charge in [-0.15, -0.1) is 0 Å². The summed E-state index contributed by atoms with van der Waals surface area (Å²) in [6.45, 7) is 3.68. The lowest BCUT2D eigenvalue weighted by Gasteiger charge is -2.33. The highest BCUT2D eigenvalue weighted by atomic mass is 16.2. The topological polar surface area (TPSA) is 73.6 Å². The Hall–Kier alpha value is -2.05. The summed E-state index contributed by atoms with van der Waals surface area (Å²) in [5.41, 5.74) is 1.23. The summed E-state index contributed by atoms with van der Waals surface area (Å²) in [5.74, 6) is 6.21. The molecule has 3 aliphatic rings. The van der Waals surface area contributed by atoms with E-state index in [1.807, 2.05) is 11.2 Å². The Kier molecular flexibility index (Phi) is 3.71. The maximum atomic E-state index is 11.9. The fourth-order valence-electron chi connectivity index (χ4n) is 3.12. The molecule has 4 rings (SSSR count). The van der Waals surface area contributed by atoms with E-state index in [0.717, 1.165) is 49.5 Å². The monoisotopic (exact) mass is 313 g/mol. The number of benzene rings is 1. The Morgan fingerprint density at radius 1 is 1.17 bits per heavy atom. The van der Waals surface area contributed by atoms with Gasteiger partial charge in [-0.3, -0.25) is 10.6 Å². The van der Waals surface area contributed by atoms with E-state index in [9.17, 15) is 4.79 Å². The smallest absolute Gasteiger partial charge is 0.224 e. The van der Waals surface area contributed by atoms with Crippen LogP contribution in [0.4, 0.5) is 5.69 Å². The molecule has 1 saturated heterocycles. The fourth-order valence-corrected chi connectivity index (χ4v) is 3.12. The number of anilines is 1. The van der Waals surface area contributed by atoms with E-state index in [1.54, 1.807) is 0 Å². The van der Waals surface area contributed by atoms with Gasteiger partial charge in [-0.25, -0.2) is 5.01 Å². The van der Waals surface area contributed by atoms with Gasteiger partial charge in [0.2, 0.25) is 5.91 Å². The molecule has 23 heavy (non-hydrogen) atoms. The molecular formula is C17H23N5O. The number of carbonyl (C=O) groups excluding carboxylic acids is 1. The van der Waals surface area contributed by atoms with Crippen LogP contribution in [0.3, 0.4) is 0 Å². The number of hydrazine groups is 1. The van der Waals surface area contributed by atoms with Gasteiger partial charge in [0.25, 0.3) is 0 Å². The zero-order valence-corrected chi connectivity index (χ0v) is 13.2. The minimum absolute atomic E-state index is 0.109. The van der Waals surface area contributed by atoms with Gasteiger partial charge in [0, 0.05) is 44.0 Å². The first-order chi connectivity index (χ1) is 11.2. The minimum atomic E-state index is -0.109. The van der Waals surface area contributed by atoms with Crippen LogP contribution in [0.2, 0.25) is 0 Å². The van der Waals surface area contributed by atoms with E-state index in [4.69, 9.17) is 5.84 Å². The van der Waals surface area contributed by atoms with Crippen molar-refractivity contribution in [3.05, 3.63) is 28.6 Å². The molecule has 1 aromatic carbocycles. The van der Waals surface area contributed by atoms with Crippen LogP contribution in [0.25, 0.3) is 12.3 Å². The number of hydrogen-bond acceptors (Lipinski definition) is 5. The zero-order valence-electron chi connectivity index (χ0n) is 13.2. The Morgan fingerprint density at radius 3 is 2.70 bits per heavy atom. The van der Waals surface area contributed by atoms with E-state index >= 15 is 0 Å². The molecule has 122 valence electrons. The van der Waals surface area contributed by atoms with Crippen molar-refractivity contribution < 1.29 is 4.79 Å². The Labute approximate surface area is 135 Å². The number of amides is 1. The summed E-state index contributed by atoms with van der Waals surface area (Å²) in [6, 6.07) is 6.48. The first-order valence-corrected chi connectivity index (χ1v) is 8.32. The van der Waals surface area contributed by atoms with E-state index in [1.165, 1.54) is 5.69 Å². The third kappa shape index (κ3) is 3.18. The molecule has 0 radical (unpaired) electrons. The third-order valence-corrected chi connectivity index (χ3v) is 4.76. The summed E-state index contributed by atoms with van der Waals surface area (Å²) in [7, 11) is 0. The number of fused-ring (bicyclic) bond motifs is 1. The second-order valence-corrected chi connectivity index (χ2v) is 6.57. The van der Waals surface area contributed by atoms with Gasteiger partial charge in [-0.2, -0.15) is 0 Å². The summed E-state index contributed by atoms with van der Waals surface area (Å²) < 4.78 is 0. The lowest BCUT2D eigenvalue weighted by Crippen LogP contribution is -2.50. The molecule has 6 heteroatoms. The van der Waals surface area contributed by atoms with Crippen molar-refractivity contribution in [3.63, 3.8) is 0 Å². The molecule has 1 atom stereocenters. The zero-order chi connectivity index (χ0) is 15.8. The average molecular weight is 313 g/mol. The van der Waals surface area contributed by atoms with Crippen LogP contribution in [0.5, 0.6) is 0 Å². The summed E-state index contributed by atoms with van der Waals surface area (Å²) in [4.78, 5) is 14.2. The van der Waals surface area contributed by atoms with E-state index in [-0.39, 0.29) is 18.0 Å². The van der Waals surface area contributed by atoms with Gasteiger partial charge in [-0.05, 0) is 41.5 Å². The molecule has 1 aromatic rings. The lowest BCUT2D eigenvalue weighted by atomic mass is 10.1. The SMILES string of the molecule is NN1CCN(c2ccc3c(c2)=CNC(NC(=O)C2CC2)C=3)CC1. The lowest BCUT2D eigenvalue weighted by molar-refractivity contribution is -0.122. The van der Waals surface area contributed by atoms with Crippen LogP contribution in [0, 0.1) is 5.92 Å². The molecule has 1 saturated carbocycles. The Morgan fingerprint density at radius 2 is 1.96 bits per heavy atom. The van der Waals surface area contributed by atoms with E-state index in [2.05, 4.69) is 39.8 Å². The maximum Gasteiger partial charge on any atom is 0.224 e. The van der Waals surface area contributed by atoms with Crippen molar-refractivity contribution in [2.24, 2.45) is 11.8 Å². The second-order valence-electron chi connectivity index (χ2n) is 6.57. The molecule has 1 unspecified atom stereocenters. The third-order valence-electron chi connectivity index (χ3n) is 4.76. The van der Waals surface area contributed by atoms with Crippen molar-refractivity contribution >= 4 is 23.9 Å². The molecule has 0 spiro atoms. The van der Waals surface area contributed by atoms with Crippen LogP contribution < -0.4 is 31.8 Å². The molecule has 6 nitrogen and oxygen atoms in total. The number of nitrogens with zero attached hydrogens (tertiary/aromatic N) is 2. The van der Waals surface area contributed by atoms with E-state index < -0.39 is 0 Å². The summed E-state index contributed by atoms with van der Waals surface area (Å²) in [6.07, 6.45) is 6.02. The highest BCUT2D eigenvalue weighted by Gasteiger charge is 2.30. The summed E-state index contributed by atoms with van der Waals surface area (Å²) >= 11 is 0. The van der Waals surface area contributed by atoms with Crippen LogP contribution in [-0.4, -0.2) is 43.3 Å². The maximum absolute atomic E-state index is 11.9. The van der Waals surface area contributed by atoms with Crippen molar-refractivity contribution in [1.29, 1.82) is 0 Å². The van der Waals surface area contributed by atoms with Crippen LogP contribution >= 0.6 is 0 Å². The molecule has 4 N–H and O–H groups in total. The number of piperazine rings is 1. The molecule has 2 fully saturated rings. The average Bonchev–Trinajstić information content (AvgIpc) is 3.40.